The zero-order valence-electron chi connectivity index (χ0n) is 11.6. The Morgan fingerprint density at radius 3 is 2.67 bits per heavy atom. The van der Waals surface area contributed by atoms with Crippen LogP contribution in [0.2, 0.25) is 0 Å². The van der Waals surface area contributed by atoms with Crippen LogP contribution in [0.5, 0.6) is 0 Å². The van der Waals surface area contributed by atoms with E-state index in [-0.39, 0.29) is 17.6 Å². The highest BCUT2D eigenvalue weighted by Gasteiger charge is 2.20. The Balaban J connectivity index is 1.68. The van der Waals surface area contributed by atoms with E-state index in [1.54, 1.807) is 36.7 Å². The van der Waals surface area contributed by atoms with Gasteiger partial charge < -0.3 is 15.6 Å². The van der Waals surface area contributed by atoms with Crippen molar-refractivity contribution < 1.29 is 4.79 Å². The molecular formula is C15H18N4O2. The molecule has 1 amide bonds. The fourth-order valence-electron chi connectivity index (χ4n) is 2.53. The second-order valence-corrected chi connectivity index (χ2v) is 5.17. The number of anilines is 1. The van der Waals surface area contributed by atoms with Gasteiger partial charge in [-0.05, 0) is 43.7 Å². The highest BCUT2D eigenvalue weighted by atomic mass is 16.2. The molecule has 21 heavy (non-hydrogen) atoms. The van der Waals surface area contributed by atoms with Crippen LogP contribution in [0.3, 0.4) is 0 Å². The van der Waals surface area contributed by atoms with Gasteiger partial charge in [0.2, 0.25) is 5.91 Å². The van der Waals surface area contributed by atoms with Crippen LogP contribution in [0.1, 0.15) is 19.3 Å². The summed E-state index contributed by atoms with van der Waals surface area (Å²) in [4.78, 5) is 26.2. The molecule has 0 radical (unpaired) electrons. The molecule has 1 aromatic heterocycles. The summed E-state index contributed by atoms with van der Waals surface area (Å²) in [7, 11) is 0. The Kier molecular flexibility index (Phi) is 3.87. The van der Waals surface area contributed by atoms with Gasteiger partial charge in [0.15, 0.2) is 0 Å². The Hall–Kier alpha value is -2.34. The van der Waals surface area contributed by atoms with Gasteiger partial charge >= 0.3 is 5.69 Å². The predicted octanol–water partition coefficient (Wildman–Crippen LogP) is 1.25. The normalized spacial score (nSPS) is 18.4. The first-order chi connectivity index (χ1) is 10.2. The summed E-state index contributed by atoms with van der Waals surface area (Å²) in [6.45, 7) is 0.896. The van der Waals surface area contributed by atoms with Gasteiger partial charge in [-0.25, -0.2) is 4.79 Å². The van der Waals surface area contributed by atoms with E-state index >= 15 is 0 Å². The lowest BCUT2D eigenvalue weighted by Gasteiger charge is -2.22. The van der Waals surface area contributed by atoms with Gasteiger partial charge in [0.1, 0.15) is 0 Å². The molecule has 2 heterocycles. The lowest BCUT2D eigenvalue weighted by Crippen LogP contribution is -2.43. The van der Waals surface area contributed by atoms with Crippen molar-refractivity contribution in [2.45, 2.75) is 25.3 Å². The number of benzene rings is 1. The van der Waals surface area contributed by atoms with Crippen molar-refractivity contribution in [1.82, 2.24) is 14.9 Å². The third-order valence-electron chi connectivity index (χ3n) is 3.69. The van der Waals surface area contributed by atoms with E-state index in [9.17, 15) is 9.59 Å². The zero-order chi connectivity index (χ0) is 14.7. The predicted molar refractivity (Wildman–Crippen MR) is 80.7 cm³/mol. The van der Waals surface area contributed by atoms with Gasteiger partial charge in [0.25, 0.3) is 0 Å². The van der Waals surface area contributed by atoms with E-state index in [4.69, 9.17) is 0 Å². The van der Waals surface area contributed by atoms with E-state index in [0.717, 1.165) is 37.2 Å². The van der Waals surface area contributed by atoms with Gasteiger partial charge in [0, 0.05) is 18.1 Å². The Morgan fingerprint density at radius 2 is 2.05 bits per heavy atom. The minimum absolute atomic E-state index is 0.00117. The molecule has 1 saturated heterocycles. The first-order valence-corrected chi connectivity index (χ1v) is 7.15. The molecule has 0 aliphatic carbocycles. The number of imidazole rings is 1. The van der Waals surface area contributed by atoms with E-state index in [2.05, 4.69) is 15.6 Å². The highest BCUT2D eigenvalue weighted by Crippen LogP contribution is 2.14. The van der Waals surface area contributed by atoms with Gasteiger partial charge in [-0.1, -0.05) is 6.42 Å². The molecule has 1 aliphatic heterocycles. The number of carbonyl (C=O) groups excluding carboxylic acids is 1. The minimum Gasteiger partial charge on any atom is -0.325 e. The summed E-state index contributed by atoms with van der Waals surface area (Å²) in [5.74, 6) is 0.00117. The maximum atomic E-state index is 12.1. The minimum atomic E-state index is -0.182. The molecule has 1 aliphatic rings. The van der Waals surface area contributed by atoms with Crippen molar-refractivity contribution in [3.8, 4) is 5.69 Å². The number of aromatic nitrogens is 2. The molecular weight excluding hydrogens is 268 g/mol. The van der Waals surface area contributed by atoms with E-state index in [1.807, 2.05) is 0 Å². The summed E-state index contributed by atoms with van der Waals surface area (Å²) < 4.78 is 1.51. The third-order valence-corrected chi connectivity index (χ3v) is 3.69. The van der Waals surface area contributed by atoms with E-state index in [1.165, 1.54) is 4.57 Å². The molecule has 1 unspecified atom stereocenters. The molecule has 0 saturated carbocycles. The lowest BCUT2D eigenvalue weighted by molar-refractivity contribution is -0.118. The van der Waals surface area contributed by atoms with Crippen LogP contribution in [0.15, 0.2) is 41.5 Å². The molecule has 110 valence electrons. The van der Waals surface area contributed by atoms with Crippen LogP contribution in [0.25, 0.3) is 5.69 Å². The van der Waals surface area contributed by atoms with Crippen LogP contribution < -0.4 is 16.3 Å². The number of piperidine rings is 1. The summed E-state index contributed by atoms with van der Waals surface area (Å²) in [6.07, 6.45) is 6.35. The quantitative estimate of drug-likeness (QED) is 0.794. The fourth-order valence-corrected chi connectivity index (χ4v) is 2.53. The lowest BCUT2D eigenvalue weighted by atomic mass is 10.0. The van der Waals surface area contributed by atoms with Crippen molar-refractivity contribution in [2.24, 2.45) is 0 Å². The van der Waals surface area contributed by atoms with Crippen LogP contribution in [-0.2, 0) is 4.79 Å². The van der Waals surface area contributed by atoms with Gasteiger partial charge in [-0.3, -0.25) is 9.36 Å². The summed E-state index contributed by atoms with van der Waals surface area (Å²) >= 11 is 0. The maximum Gasteiger partial charge on any atom is 0.330 e. The highest BCUT2D eigenvalue weighted by molar-refractivity contribution is 5.94. The maximum absolute atomic E-state index is 12.1. The fraction of sp³-hybridized carbons (Fsp3) is 0.333. The average molecular weight is 286 g/mol. The topological polar surface area (TPSA) is 78.9 Å². The second-order valence-electron chi connectivity index (χ2n) is 5.17. The Morgan fingerprint density at radius 1 is 1.24 bits per heavy atom. The van der Waals surface area contributed by atoms with Crippen molar-refractivity contribution in [3.05, 3.63) is 47.1 Å². The average Bonchev–Trinajstić information content (AvgIpc) is 2.95. The second kappa shape index (κ2) is 5.97. The first kappa shape index (κ1) is 13.6. The van der Waals surface area contributed by atoms with Gasteiger partial charge in [0.05, 0.1) is 11.7 Å². The van der Waals surface area contributed by atoms with Crippen LogP contribution in [0, 0.1) is 0 Å². The molecule has 0 spiro atoms. The van der Waals surface area contributed by atoms with Crippen LogP contribution in [0.4, 0.5) is 5.69 Å². The van der Waals surface area contributed by atoms with Gasteiger partial charge in [-0.15, -0.1) is 0 Å². The zero-order valence-corrected chi connectivity index (χ0v) is 11.6. The number of hydrogen-bond donors (Lipinski definition) is 3. The number of rotatable bonds is 3. The Bertz CT molecular complexity index is 665. The van der Waals surface area contributed by atoms with Crippen LogP contribution in [-0.4, -0.2) is 28.0 Å². The molecule has 1 aromatic carbocycles. The number of aromatic amines is 1. The smallest absolute Gasteiger partial charge is 0.325 e. The number of nitrogens with one attached hydrogen (secondary N) is 3. The number of hydrogen-bond acceptors (Lipinski definition) is 3. The molecule has 1 fully saturated rings. The summed E-state index contributed by atoms with van der Waals surface area (Å²) in [5.41, 5.74) is 1.31. The molecule has 6 nitrogen and oxygen atoms in total. The van der Waals surface area contributed by atoms with Crippen molar-refractivity contribution in [2.75, 3.05) is 11.9 Å². The van der Waals surface area contributed by atoms with Crippen LogP contribution >= 0.6 is 0 Å². The largest absolute Gasteiger partial charge is 0.330 e. The number of amides is 1. The first-order valence-electron chi connectivity index (χ1n) is 7.15. The standard InChI is InChI=1S/C15H18N4O2/c20-14(13-3-1-2-8-16-13)18-11-4-6-12(7-5-11)19-10-9-17-15(19)21/h4-7,9-10,13,16H,1-3,8H2,(H,17,21)(H,18,20). The molecule has 3 rings (SSSR count). The van der Waals surface area contributed by atoms with E-state index < -0.39 is 0 Å². The summed E-state index contributed by atoms with van der Waals surface area (Å²) in [6, 6.07) is 7.11. The van der Waals surface area contributed by atoms with E-state index in [0.29, 0.717) is 0 Å². The number of carbonyl (C=O) groups is 1. The van der Waals surface area contributed by atoms with Crippen molar-refractivity contribution >= 4 is 11.6 Å². The SMILES string of the molecule is O=C(Nc1ccc(-n2cc[nH]c2=O)cc1)C1CCCCN1. The molecule has 2 aromatic rings. The number of nitrogens with zero attached hydrogens (tertiary/aromatic N) is 1. The monoisotopic (exact) mass is 286 g/mol. The summed E-state index contributed by atoms with van der Waals surface area (Å²) in [5, 5.41) is 6.12. The molecule has 1 atom stereocenters. The Labute approximate surface area is 122 Å². The molecule has 3 N–H and O–H groups in total. The molecule has 0 bridgehead atoms. The van der Waals surface area contributed by atoms with Gasteiger partial charge in [-0.2, -0.15) is 0 Å². The van der Waals surface area contributed by atoms with Crippen molar-refractivity contribution in [1.29, 1.82) is 0 Å². The number of H-pyrrole nitrogens is 1. The molecule has 6 heteroatoms. The van der Waals surface area contributed by atoms with Crippen molar-refractivity contribution in [3.63, 3.8) is 0 Å². The third kappa shape index (κ3) is 3.05.